The van der Waals surface area contributed by atoms with Crippen molar-refractivity contribution in [3.05, 3.63) is 64.7 Å². The summed E-state index contributed by atoms with van der Waals surface area (Å²) in [6.07, 6.45) is 0.758. The Bertz CT molecular complexity index is 632. The van der Waals surface area contributed by atoms with Crippen LogP contribution in [0.1, 0.15) is 31.8 Å². The number of rotatable bonds is 3. The Hall–Kier alpha value is -2.42. The number of carbonyl (C=O) groups excluding carboxylic acids is 2. The number of hydrogen-bond donors (Lipinski definition) is 1. The van der Waals surface area contributed by atoms with Gasteiger partial charge in [-0.2, -0.15) is 0 Å². The van der Waals surface area contributed by atoms with Gasteiger partial charge in [-0.05, 0) is 43.2 Å². The van der Waals surface area contributed by atoms with Crippen molar-refractivity contribution in [2.24, 2.45) is 0 Å². The second-order valence-electron chi connectivity index (χ2n) is 4.44. The van der Waals surface area contributed by atoms with Crippen LogP contribution in [0.4, 0.5) is 5.69 Å². The maximum atomic E-state index is 12.2. The van der Waals surface area contributed by atoms with Crippen molar-refractivity contribution >= 4 is 17.9 Å². The predicted molar refractivity (Wildman–Crippen MR) is 75.7 cm³/mol. The quantitative estimate of drug-likeness (QED) is 0.852. The minimum absolute atomic E-state index is 0.163. The van der Waals surface area contributed by atoms with E-state index < -0.39 is 0 Å². The van der Waals surface area contributed by atoms with Crippen molar-refractivity contribution in [3.63, 3.8) is 0 Å². The molecule has 0 aromatic heterocycles. The number of aryl methyl sites for hydroxylation is 1. The highest BCUT2D eigenvalue weighted by molar-refractivity contribution is 6.05. The van der Waals surface area contributed by atoms with Gasteiger partial charge >= 0.3 is 0 Å². The number of benzene rings is 2. The van der Waals surface area contributed by atoms with Crippen LogP contribution < -0.4 is 5.32 Å². The minimum Gasteiger partial charge on any atom is -0.322 e. The monoisotopic (exact) mass is 253 g/mol. The molecule has 1 amide bonds. The van der Waals surface area contributed by atoms with E-state index in [0.717, 1.165) is 17.4 Å². The first-order valence-corrected chi connectivity index (χ1v) is 6.04. The molecule has 0 saturated heterocycles. The molecule has 0 heterocycles. The molecule has 0 aliphatic carbocycles. The van der Waals surface area contributed by atoms with Gasteiger partial charge in [0.2, 0.25) is 0 Å². The molecule has 0 bridgehead atoms. The third-order valence-corrected chi connectivity index (χ3v) is 3.13. The summed E-state index contributed by atoms with van der Waals surface area (Å²) in [5, 5.41) is 2.80. The Balaban J connectivity index is 2.25. The molecule has 3 heteroatoms. The normalized spacial score (nSPS) is 10.0. The Morgan fingerprint density at radius 2 is 1.84 bits per heavy atom. The largest absolute Gasteiger partial charge is 0.322 e. The lowest BCUT2D eigenvalue weighted by Gasteiger charge is -2.09. The third kappa shape index (κ3) is 2.88. The maximum Gasteiger partial charge on any atom is 0.255 e. The van der Waals surface area contributed by atoms with Crippen molar-refractivity contribution in [3.8, 4) is 0 Å². The van der Waals surface area contributed by atoms with E-state index in [1.54, 1.807) is 30.3 Å². The van der Waals surface area contributed by atoms with Crippen molar-refractivity contribution in [1.29, 1.82) is 0 Å². The second-order valence-corrected chi connectivity index (χ2v) is 4.44. The highest BCUT2D eigenvalue weighted by Crippen LogP contribution is 2.16. The van der Waals surface area contributed by atoms with Crippen molar-refractivity contribution < 1.29 is 9.59 Å². The molecule has 0 fully saturated rings. The van der Waals surface area contributed by atoms with Crippen LogP contribution in [0.15, 0.2) is 42.5 Å². The molecule has 0 aliphatic heterocycles. The summed E-state index contributed by atoms with van der Waals surface area (Å²) in [7, 11) is 0. The number of carbonyl (C=O) groups is 2. The van der Waals surface area contributed by atoms with E-state index in [0.29, 0.717) is 16.8 Å². The molecule has 2 aromatic carbocycles. The SMILES string of the molecule is Cc1cccc(C(=O)Nc2cccc(C=O)c2)c1C. The molecule has 2 rings (SSSR count). The van der Waals surface area contributed by atoms with E-state index in [9.17, 15) is 9.59 Å². The molecular weight excluding hydrogens is 238 g/mol. The summed E-state index contributed by atoms with van der Waals surface area (Å²) < 4.78 is 0. The smallest absolute Gasteiger partial charge is 0.255 e. The number of amides is 1. The molecule has 0 saturated carbocycles. The Labute approximate surface area is 112 Å². The summed E-state index contributed by atoms with van der Waals surface area (Å²) >= 11 is 0. The zero-order valence-electron chi connectivity index (χ0n) is 10.9. The van der Waals surface area contributed by atoms with Gasteiger partial charge in [0, 0.05) is 16.8 Å². The van der Waals surface area contributed by atoms with Crippen LogP contribution in [-0.4, -0.2) is 12.2 Å². The fraction of sp³-hybridized carbons (Fsp3) is 0.125. The molecule has 96 valence electrons. The summed E-state index contributed by atoms with van der Waals surface area (Å²) in [4.78, 5) is 22.9. The maximum absolute atomic E-state index is 12.2. The lowest BCUT2D eigenvalue weighted by molar-refractivity contribution is 0.102. The lowest BCUT2D eigenvalue weighted by Crippen LogP contribution is -2.13. The summed E-state index contributed by atoms with van der Waals surface area (Å²) in [5.41, 5.74) is 3.85. The standard InChI is InChI=1S/C16H15NO2/c1-11-5-3-8-15(12(11)2)16(19)17-14-7-4-6-13(9-14)10-18/h3-10H,1-2H3,(H,17,19). The molecule has 0 aliphatic rings. The average Bonchev–Trinajstić information content (AvgIpc) is 2.42. The Morgan fingerprint density at radius 1 is 1.11 bits per heavy atom. The van der Waals surface area contributed by atoms with E-state index in [2.05, 4.69) is 5.32 Å². The average molecular weight is 253 g/mol. The zero-order chi connectivity index (χ0) is 13.8. The van der Waals surface area contributed by atoms with Gasteiger partial charge < -0.3 is 5.32 Å². The molecule has 19 heavy (non-hydrogen) atoms. The molecular formula is C16H15NO2. The van der Waals surface area contributed by atoms with E-state index in [1.165, 1.54) is 0 Å². The molecule has 3 nitrogen and oxygen atoms in total. The van der Waals surface area contributed by atoms with Crippen LogP contribution in [0.5, 0.6) is 0 Å². The van der Waals surface area contributed by atoms with Gasteiger partial charge in [0.25, 0.3) is 5.91 Å². The topological polar surface area (TPSA) is 46.2 Å². The van der Waals surface area contributed by atoms with Crippen molar-refractivity contribution in [2.45, 2.75) is 13.8 Å². The van der Waals surface area contributed by atoms with Gasteiger partial charge in [-0.25, -0.2) is 0 Å². The van der Waals surface area contributed by atoms with Gasteiger partial charge in [0.15, 0.2) is 0 Å². The van der Waals surface area contributed by atoms with Gasteiger partial charge in [0.05, 0.1) is 0 Å². The molecule has 0 atom stereocenters. The van der Waals surface area contributed by atoms with E-state index in [1.807, 2.05) is 26.0 Å². The Kier molecular flexibility index (Phi) is 3.76. The van der Waals surface area contributed by atoms with Crippen LogP contribution in [0.2, 0.25) is 0 Å². The van der Waals surface area contributed by atoms with Gasteiger partial charge in [-0.1, -0.05) is 24.3 Å². The minimum atomic E-state index is -0.163. The Morgan fingerprint density at radius 3 is 2.58 bits per heavy atom. The van der Waals surface area contributed by atoms with Gasteiger partial charge in [-0.15, -0.1) is 0 Å². The molecule has 1 N–H and O–H groups in total. The first-order valence-electron chi connectivity index (χ1n) is 6.04. The van der Waals surface area contributed by atoms with Crippen LogP contribution in [0.3, 0.4) is 0 Å². The van der Waals surface area contributed by atoms with E-state index in [-0.39, 0.29) is 5.91 Å². The summed E-state index contributed by atoms with van der Waals surface area (Å²) in [6, 6.07) is 12.5. The van der Waals surface area contributed by atoms with Crippen LogP contribution in [0.25, 0.3) is 0 Å². The molecule has 0 spiro atoms. The van der Waals surface area contributed by atoms with E-state index in [4.69, 9.17) is 0 Å². The lowest BCUT2D eigenvalue weighted by atomic mass is 10.0. The predicted octanol–water partition coefficient (Wildman–Crippen LogP) is 3.37. The van der Waals surface area contributed by atoms with Crippen LogP contribution in [0, 0.1) is 13.8 Å². The fourth-order valence-corrected chi connectivity index (χ4v) is 1.89. The van der Waals surface area contributed by atoms with Crippen molar-refractivity contribution in [1.82, 2.24) is 0 Å². The number of nitrogens with one attached hydrogen (secondary N) is 1. The highest BCUT2D eigenvalue weighted by Gasteiger charge is 2.10. The fourth-order valence-electron chi connectivity index (χ4n) is 1.89. The number of hydrogen-bond acceptors (Lipinski definition) is 2. The number of anilines is 1. The zero-order valence-corrected chi connectivity index (χ0v) is 10.9. The van der Waals surface area contributed by atoms with E-state index >= 15 is 0 Å². The van der Waals surface area contributed by atoms with Gasteiger partial charge in [0.1, 0.15) is 6.29 Å². The third-order valence-electron chi connectivity index (χ3n) is 3.13. The van der Waals surface area contributed by atoms with Gasteiger partial charge in [-0.3, -0.25) is 9.59 Å². The van der Waals surface area contributed by atoms with Crippen LogP contribution in [-0.2, 0) is 0 Å². The number of aldehydes is 1. The molecule has 0 unspecified atom stereocenters. The summed E-state index contributed by atoms with van der Waals surface area (Å²) in [6.45, 7) is 3.89. The van der Waals surface area contributed by atoms with Crippen LogP contribution >= 0.6 is 0 Å². The van der Waals surface area contributed by atoms with Crippen molar-refractivity contribution in [2.75, 3.05) is 5.32 Å². The second kappa shape index (κ2) is 5.48. The molecule has 2 aromatic rings. The first-order chi connectivity index (χ1) is 9.11. The first kappa shape index (κ1) is 13.0. The summed E-state index contributed by atoms with van der Waals surface area (Å²) in [5.74, 6) is -0.163. The molecule has 0 radical (unpaired) electrons. The highest BCUT2D eigenvalue weighted by atomic mass is 16.1.